The minimum Gasteiger partial charge on any atom is -0.304 e. The lowest BCUT2D eigenvalue weighted by atomic mass is 9.99. The highest BCUT2D eigenvalue weighted by Gasteiger charge is 2.28. The van der Waals surface area contributed by atoms with Crippen molar-refractivity contribution >= 4 is 0 Å². The van der Waals surface area contributed by atoms with Crippen molar-refractivity contribution in [3.05, 3.63) is 17.5 Å². The van der Waals surface area contributed by atoms with Gasteiger partial charge in [-0.2, -0.15) is 5.10 Å². The summed E-state index contributed by atoms with van der Waals surface area (Å²) in [5.41, 5.74) is 2.53. The zero-order valence-electron chi connectivity index (χ0n) is 12.3. The summed E-state index contributed by atoms with van der Waals surface area (Å²) in [4.78, 5) is 5.06. The molecule has 1 atom stereocenters. The van der Waals surface area contributed by atoms with Gasteiger partial charge in [-0.1, -0.05) is 13.8 Å². The van der Waals surface area contributed by atoms with Crippen LogP contribution in [-0.4, -0.2) is 52.3 Å². The number of rotatable bonds is 3. The first-order chi connectivity index (χ1) is 8.47. The highest BCUT2D eigenvalue weighted by Crippen LogP contribution is 2.20. The summed E-state index contributed by atoms with van der Waals surface area (Å²) >= 11 is 0. The maximum Gasteiger partial charge on any atom is 0.0638 e. The molecule has 4 nitrogen and oxygen atoms in total. The third-order valence-electron chi connectivity index (χ3n) is 3.99. The van der Waals surface area contributed by atoms with Gasteiger partial charge in [0.05, 0.1) is 5.69 Å². The Morgan fingerprint density at radius 2 is 2.06 bits per heavy atom. The monoisotopic (exact) mass is 250 g/mol. The summed E-state index contributed by atoms with van der Waals surface area (Å²) in [5.74, 6) is 0.699. The molecule has 0 radical (unpaired) electrons. The fraction of sp³-hybridized carbons (Fsp3) is 0.786. The number of aromatic nitrogens is 2. The van der Waals surface area contributed by atoms with Crippen LogP contribution in [0.5, 0.6) is 0 Å². The lowest BCUT2D eigenvalue weighted by Crippen LogP contribution is -2.53. The summed E-state index contributed by atoms with van der Waals surface area (Å²) in [5, 5.41) is 4.44. The molecule has 0 aliphatic carbocycles. The SMILES string of the molecule is Cc1nn(C)cc1CN1CCN(C)C[C@H]1C(C)C. The normalized spacial score (nSPS) is 22.9. The van der Waals surface area contributed by atoms with Crippen LogP contribution >= 0.6 is 0 Å². The molecular weight excluding hydrogens is 224 g/mol. The smallest absolute Gasteiger partial charge is 0.0638 e. The molecule has 102 valence electrons. The van der Waals surface area contributed by atoms with Crippen LogP contribution in [0, 0.1) is 12.8 Å². The molecule has 1 aromatic heterocycles. The summed E-state index contributed by atoms with van der Waals surface area (Å²) in [6, 6.07) is 0.656. The molecule has 18 heavy (non-hydrogen) atoms. The Kier molecular flexibility index (Phi) is 4.07. The van der Waals surface area contributed by atoms with Crippen LogP contribution < -0.4 is 0 Å². The molecular formula is C14H26N4. The molecule has 2 heterocycles. The van der Waals surface area contributed by atoms with Crippen LogP contribution in [0.3, 0.4) is 0 Å². The van der Waals surface area contributed by atoms with Gasteiger partial charge in [-0.05, 0) is 19.9 Å². The van der Waals surface area contributed by atoms with Crippen LogP contribution in [0.2, 0.25) is 0 Å². The maximum absolute atomic E-state index is 4.44. The third kappa shape index (κ3) is 2.93. The molecule has 0 bridgehead atoms. The van der Waals surface area contributed by atoms with Crippen molar-refractivity contribution in [2.24, 2.45) is 13.0 Å². The molecule has 0 unspecified atom stereocenters. The van der Waals surface area contributed by atoms with Crippen LogP contribution in [-0.2, 0) is 13.6 Å². The number of hydrogen-bond acceptors (Lipinski definition) is 3. The largest absolute Gasteiger partial charge is 0.304 e. The third-order valence-corrected chi connectivity index (χ3v) is 3.99. The fourth-order valence-corrected chi connectivity index (χ4v) is 2.84. The number of aryl methyl sites for hydroxylation is 2. The zero-order valence-corrected chi connectivity index (χ0v) is 12.3. The standard InChI is InChI=1S/C14H26N4/c1-11(2)14-10-16(4)6-7-18(14)9-13-8-17(5)15-12(13)3/h8,11,14H,6-7,9-10H2,1-5H3/t14-/m0/s1. The molecule has 0 saturated carbocycles. The Labute approximate surface area is 111 Å². The number of likely N-dealkylation sites (N-methyl/N-ethyl adjacent to an activating group) is 1. The van der Waals surface area contributed by atoms with Gasteiger partial charge in [-0.15, -0.1) is 0 Å². The molecule has 1 fully saturated rings. The van der Waals surface area contributed by atoms with Crippen molar-refractivity contribution < 1.29 is 0 Å². The Morgan fingerprint density at radius 3 is 2.61 bits per heavy atom. The van der Waals surface area contributed by atoms with Gasteiger partial charge in [-0.25, -0.2) is 0 Å². The second-order valence-corrected chi connectivity index (χ2v) is 5.96. The van der Waals surface area contributed by atoms with Crippen LogP contribution in [0.15, 0.2) is 6.20 Å². The van der Waals surface area contributed by atoms with Gasteiger partial charge >= 0.3 is 0 Å². The molecule has 0 aromatic carbocycles. The van der Waals surface area contributed by atoms with Gasteiger partial charge in [0.2, 0.25) is 0 Å². The van der Waals surface area contributed by atoms with Crippen LogP contribution in [0.1, 0.15) is 25.1 Å². The van der Waals surface area contributed by atoms with Crippen LogP contribution in [0.4, 0.5) is 0 Å². The van der Waals surface area contributed by atoms with Gasteiger partial charge < -0.3 is 4.90 Å². The summed E-state index contributed by atoms with van der Waals surface area (Å²) in [6.07, 6.45) is 2.16. The number of nitrogens with zero attached hydrogens (tertiary/aromatic N) is 4. The van der Waals surface area contributed by atoms with E-state index in [9.17, 15) is 0 Å². The Hall–Kier alpha value is -0.870. The van der Waals surface area contributed by atoms with Crippen molar-refractivity contribution in [2.75, 3.05) is 26.7 Å². The molecule has 0 N–H and O–H groups in total. The lowest BCUT2D eigenvalue weighted by Gasteiger charge is -2.42. The van der Waals surface area contributed by atoms with E-state index in [-0.39, 0.29) is 0 Å². The first kappa shape index (κ1) is 13.6. The van der Waals surface area contributed by atoms with Gasteiger partial charge in [-0.3, -0.25) is 9.58 Å². The molecule has 2 rings (SSSR count). The van der Waals surface area contributed by atoms with E-state index in [0.717, 1.165) is 13.1 Å². The highest BCUT2D eigenvalue weighted by molar-refractivity contribution is 5.15. The van der Waals surface area contributed by atoms with Crippen molar-refractivity contribution in [3.63, 3.8) is 0 Å². The van der Waals surface area contributed by atoms with Gasteiger partial charge in [0.25, 0.3) is 0 Å². The van der Waals surface area contributed by atoms with E-state index in [4.69, 9.17) is 0 Å². The molecule has 1 saturated heterocycles. The Bertz CT molecular complexity index is 396. The molecule has 0 spiro atoms. The van der Waals surface area contributed by atoms with Gasteiger partial charge in [0.1, 0.15) is 0 Å². The summed E-state index contributed by atoms with van der Waals surface area (Å²) in [7, 11) is 4.22. The van der Waals surface area contributed by atoms with E-state index >= 15 is 0 Å². The predicted octanol–water partition coefficient (Wildman–Crippen LogP) is 1.50. The van der Waals surface area contributed by atoms with Crippen molar-refractivity contribution in [1.82, 2.24) is 19.6 Å². The maximum atomic E-state index is 4.44. The molecule has 1 aliphatic heterocycles. The first-order valence-electron chi connectivity index (χ1n) is 6.89. The quantitative estimate of drug-likeness (QED) is 0.812. The number of piperazine rings is 1. The van der Waals surface area contributed by atoms with Crippen molar-refractivity contribution in [3.8, 4) is 0 Å². The van der Waals surface area contributed by atoms with Crippen molar-refractivity contribution in [1.29, 1.82) is 0 Å². The van der Waals surface area contributed by atoms with Crippen molar-refractivity contribution in [2.45, 2.75) is 33.4 Å². The Balaban J connectivity index is 2.09. The summed E-state index contributed by atoms with van der Waals surface area (Å²) < 4.78 is 1.92. The second kappa shape index (κ2) is 5.41. The van der Waals surface area contributed by atoms with E-state index in [1.54, 1.807) is 0 Å². The topological polar surface area (TPSA) is 24.3 Å². The minimum absolute atomic E-state index is 0.656. The van der Waals surface area contributed by atoms with E-state index in [1.165, 1.54) is 24.3 Å². The minimum atomic E-state index is 0.656. The number of hydrogen-bond donors (Lipinski definition) is 0. The first-order valence-corrected chi connectivity index (χ1v) is 6.89. The Morgan fingerprint density at radius 1 is 1.33 bits per heavy atom. The van der Waals surface area contributed by atoms with Crippen LogP contribution in [0.25, 0.3) is 0 Å². The van der Waals surface area contributed by atoms with E-state index in [0.29, 0.717) is 12.0 Å². The lowest BCUT2D eigenvalue weighted by molar-refractivity contribution is 0.0569. The second-order valence-electron chi connectivity index (χ2n) is 5.96. The molecule has 1 aliphatic rings. The average molecular weight is 250 g/mol. The molecule has 4 heteroatoms. The average Bonchev–Trinajstić information content (AvgIpc) is 2.60. The highest BCUT2D eigenvalue weighted by atomic mass is 15.3. The van der Waals surface area contributed by atoms with E-state index < -0.39 is 0 Å². The predicted molar refractivity (Wildman–Crippen MR) is 74.5 cm³/mol. The zero-order chi connectivity index (χ0) is 13.3. The van der Waals surface area contributed by atoms with Gasteiger partial charge in [0.15, 0.2) is 0 Å². The molecule has 0 amide bonds. The summed E-state index contributed by atoms with van der Waals surface area (Å²) in [6.45, 7) is 11.3. The van der Waals surface area contributed by atoms with E-state index in [1.807, 2.05) is 11.7 Å². The fourth-order valence-electron chi connectivity index (χ4n) is 2.84. The molecule has 1 aromatic rings. The van der Waals surface area contributed by atoms with Gasteiger partial charge in [0, 0.05) is 51.0 Å². The van der Waals surface area contributed by atoms with E-state index in [2.05, 4.69) is 48.9 Å².